The molecule has 0 radical (unpaired) electrons. The van der Waals surface area contributed by atoms with Crippen LogP contribution in [0.15, 0.2) is 24.8 Å². The maximum atomic E-state index is 9.71. The highest BCUT2D eigenvalue weighted by Crippen LogP contribution is 2.56. The Labute approximate surface area is 111 Å². The molecule has 1 nitrogen and oxygen atoms in total. The van der Waals surface area contributed by atoms with E-state index in [2.05, 4.69) is 18.7 Å². The van der Waals surface area contributed by atoms with Gasteiger partial charge in [0.15, 0.2) is 0 Å². The standard InChI is InChI=1S/C17H26O/c1-2-4-16(18)5-3-6-17-14-8-12-7-13(10-14)11-15(17)9-12/h2-3,6,12-18H,1,4-5,7-11H2. The van der Waals surface area contributed by atoms with E-state index in [9.17, 15) is 5.11 Å². The van der Waals surface area contributed by atoms with Crippen molar-refractivity contribution in [3.8, 4) is 0 Å². The van der Waals surface area contributed by atoms with E-state index in [0.29, 0.717) is 6.42 Å². The second kappa shape index (κ2) is 5.21. The van der Waals surface area contributed by atoms with Gasteiger partial charge in [-0.2, -0.15) is 0 Å². The number of allylic oxidation sites excluding steroid dienone is 1. The zero-order valence-electron chi connectivity index (χ0n) is 11.3. The Kier molecular flexibility index (Phi) is 3.61. The first-order valence-corrected chi connectivity index (χ1v) is 7.72. The van der Waals surface area contributed by atoms with E-state index in [4.69, 9.17) is 0 Å². The summed E-state index contributed by atoms with van der Waals surface area (Å²) in [5.41, 5.74) is 0. The molecule has 0 amide bonds. The molecule has 0 aromatic carbocycles. The number of hydrogen-bond acceptors (Lipinski definition) is 1. The van der Waals surface area contributed by atoms with E-state index in [1.54, 1.807) is 6.08 Å². The molecule has 0 aromatic heterocycles. The zero-order chi connectivity index (χ0) is 12.5. The molecule has 0 aliphatic heterocycles. The Morgan fingerprint density at radius 1 is 1.00 bits per heavy atom. The zero-order valence-corrected chi connectivity index (χ0v) is 11.3. The van der Waals surface area contributed by atoms with E-state index in [1.165, 1.54) is 32.1 Å². The lowest BCUT2D eigenvalue weighted by Gasteiger charge is -2.53. The van der Waals surface area contributed by atoms with Gasteiger partial charge in [0.05, 0.1) is 6.10 Å². The van der Waals surface area contributed by atoms with E-state index in [1.807, 2.05) is 0 Å². The fourth-order valence-electron chi connectivity index (χ4n) is 4.96. The molecule has 4 aliphatic rings. The van der Waals surface area contributed by atoms with Crippen molar-refractivity contribution in [3.63, 3.8) is 0 Å². The predicted molar refractivity (Wildman–Crippen MR) is 75.1 cm³/mol. The topological polar surface area (TPSA) is 20.2 Å². The van der Waals surface area contributed by atoms with Gasteiger partial charge in [0.2, 0.25) is 0 Å². The fraction of sp³-hybridized carbons (Fsp3) is 0.765. The van der Waals surface area contributed by atoms with E-state index >= 15 is 0 Å². The van der Waals surface area contributed by atoms with Crippen molar-refractivity contribution in [2.24, 2.45) is 29.6 Å². The van der Waals surface area contributed by atoms with Crippen molar-refractivity contribution in [1.82, 2.24) is 0 Å². The van der Waals surface area contributed by atoms with Gasteiger partial charge in [-0.3, -0.25) is 0 Å². The third-order valence-corrected chi connectivity index (χ3v) is 5.50. The number of aliphatic hydroxyl groups is 1. The Bertz CT molecular complexity index is 303. The van der Waals surface area contributed by atoms with Crippen molar-refractivity contribution in [2.75, 3.05) is 0 Å². The average molecular weight is 246 g/mol. The summed E-state index contributed by atoms with van der Waals surface area (Å²) >= 11 is 0. The van der Waals surface area contributed by atoms with Gasteiger partial charge in [0, 0.05) is 0 Å². The molecule has 0 saturated heterocycles. The summed E-state index contributed by atoms with van der Waals surface area (Å²) in [7, 11) is 0. The molecule has 1 unspecified atom stereocenters. The van der Waals surface area contributed by atoms with Crippen LogP contribution in [0, 0.1) is 29.6 Å². The molecule has 0 aromatic rings. The van der Waals surface area contributed by atoms with Crippen LogP contribution in [0.1, 0.15) is 44.9 Å². The lowest BCUT2D eigenvalue weighted by Crippen LogP contribution is -2.44. The van der Waals surface area contributed by atoms with Gasteiger partial charge >= 0.3 is 0 Å². The van der Waals surface area contributed by atoms with Crippen molar-refractivity contribution < 1.29 is 5.11 Å². The Morgan fingerprint density at radius 2 is 1.61 bits per heavy atom. The van der Waals surface area contributed by atoms with Crippen LogP contribution in [0.3, 0.4) is 0 Å². The van der Waals surface area contributed by atoms with Gasteiger partial charge in [-0.15, -0.1) is 6.58 Å². The van der Waals surface area contributed by atoms with Crippen molar-refractivity contribution >= 4 is 0 Å². The van der Waals surface area contributed by atoms with Gasteiger partial charge in [0.1, 0.15) is 0 Å². The monoisotopic (exact) mass is 246 g/mol. The fourth-order valence-corrected chi connectivity index (χ4v) is 4.96. The summed E-state index contributed by atoms with van der Waals surface area (Å²) in [6.07, 6.45) is 15.2. The number of rotatable bonds is 5. The largest absolute Gasteiger partial charge is 0.392 e. The van der Waals surface area contributed by atoms with Gasteiger partial charge in [-0.1, -0.05) is 18.2 Å². The van der Waals surface area contributed by atoms with Gasteiger partial charge in [-0.25, -0.2) is 0 Å². The lowest BCUT2D eigenvalue weighted by atomic mass is 9.52. The molecule has 0 spiro atoms. The molecule has 18 heavy (non-hydrogen) atoms. The molecule has 1 heteroatoms. The number of aliphatic hydroxyl groups excluding tert-OH is 1. The molecule has 0 heterocycles. The van der Waals surface area contributed by atoms with Crippen LogP contribution in [0.5, 0.6) is 0 Å². The minimum absolute atomic E-state index is 0.226. The van der Waals surface area contributed by atoms with E-state index in [-0.39, 0.29) is 6.10 Å². The third-order valence-electron chi connectivity index (χ3n) is 5.50. The Balaban J connectivity index is 1.56. The first-order chi connectivity index (χ1) is 8.76. The molecule has 1 N–H and O–H groups in total. The quantitative estimate of drug-likeness (QED) is 0.728. The Morgan fingerprint density at radius 3 is 2.17 bits per heavy atom. The second-order valence-electron chi connectivity index (χ2n) is 6.85. The summed E-state index contributed by atoms with van der Waals surface area (Å²) in [5, 5.41) is 9.71. The van der Waals surface area contributed by atoms with Crippen molar-refractivity contribution in [2.45, 2.75) is 51.0 Å². The van der Waals surface area contributed by atoms with Crippen molar-refractivity contribution in [3.05, 3.63) is 24.8 Å². The minimum Gasteiger partial charge on any atom is -0.392 e. The van der Waals surface area contributed by atoms with Gasteiger partial charge in [0.25, 0.3) is 0 Å². The van der Waals surface area contributed by atoms with Gasteiger partial charge < -0.3 is 5.11 Å². The molecular formula is C17H26O. The molecule has 4 rings (SSSR count). The molecule has 4 saturated carbocycles. The minimum atomic E-state index is -0.226. The highest BCUT2D eigenvalue weighted by molar-refractivity contribution is 5.05. The summed E-state index contributed by atoms with van der Waals surface area (Å²) in [6, 6.07) is 0. The lowest BCUT2D eigenvalue weighted by molar-refractivity contribution is -0.0163. The van der Waals surface area contributed by atoms with Crippen LogP contribution in [0.4, 0.5) is 0 Å². The second-order valence-corrected chi connectivity index (χ2v) is 6.85. The molecule has 100 valence electrons. The van der Waals surface area contributed by atoms with Crippen LogP contribution in [-0.4, -0.2) is 11.2 Å². The van der Waals surface area contributed by atoms with Crippen LogP contribution in [0.2, 0.25) is 0 Å². The average Bonchev–Trinajstić information content (AvgIpc) is 2.32. The molecule has 4 fully saturated rings. The summed E-state index contributed by atoms with van der Waals surface area (Å²) in [5.74, 6) is 4.88. The predicted octanol–water partition coefficient (Wildman–Crippen LogP) is 3.94. The SMILES string of the molecule is C=CCC(O)CC=CC1C2CC3CC(C2)CC1C3. The summed E-state index contributed by atoms with van der Waals surface area (Å²) < 4.78 is 0. The molecular weight excluding hydrogens is 220 g/mol. The third kappa shape index (κ3) is 2.42. The van der Waals surface area contributed by atoms with Crippen molar-refractivity contribution in [1.29, 1.82) is 0 Å². The van der Waals surface area contributed by atoms with Crippen LogP contribution in [0.25, 0.3) is 0 Å². The van der Waals surface area contributed by atoms with Crippen LogP contribution >= 0.6 is 0 Å². The summed E-state index contributed by atoms with van der Waals surface area (Å²) in [4.78, 5) is 0. The maximum absolute atomic E-state index is 9.71. The smallest absolute Gasteiger partial charge is 0.0608 e. The highest BCUT2D eigenvalue weighted by atomic mass is 16.3. The maximum Gasteiger partial charge on any atom is 0.0608 e. The first kappa shape index (κ1) is 12.5. The van der Waals surface area contributed by atoms with E-state index in [0.717, 1.165) is 36.0 Å². The normalized spacial score (nSPS) is 43.5. The molecule has 4 aliphatic carbocycles. The summed E-state index contributed by atoms with van der Waals surface area (Å²) in [6.45, 7) is 3.67. The van der Waals surface area contributed by atoms with Crippen LogP contribution in [-0.2, 0) is 0 Å². The highest BCUT2D eigenvalue weighted by Gasteiger charge is 2.46. The van der Waals surface area contributed by atoms with E-state index < -0.39 is 0 Å². The van der Waals surface area contributed by atoms with Crippen LogP contribution < -0.4 is 0 Å². The van der Waals surface area contributed by atoms with Gasteiger partial charge in [-0.05, 0) is 74.5 Å². The Hall–Kier alpha value is -0.560. The first-order valence-electron chi connectivity index (χ1n) is 7.72. The molecule has 4 bridgehead atoms. The number of hydrogen-bond donors (Lipinski definition) is 1. The molecule has 1 atom stereocenters.